The fraction of sp³-hybridized carbons (Fsp3) is 0.188. The number of H-pyrrole nitrogens is 1. The Labute approximate surface area is 141 Å². The number of imidazole rings is 1. The molecule has 0 aliphatic carbocycles. The van der Waals surface area contributed by atoms with Crippen molar-refractivity contribution in [3.8, 4) is 6.07 Å². The molecule has 126 valence electrons. The molecule has 1 amide bonds. The van der Waals surface area contributed by atoms with Gasteiger partial charge in [0.2, 0.25) is 6.33 Å². The van der Waals surface area contributed by atoms with E-state index in [1.165, 1.54) is 29.6 Å². The van der Waals surface area contributed by atoms with Gasteiger partial charge in [0.05, 0.1) is 11.3 Å². The zero-order valence-corrected chi connectivity index (χ0v) is 13.6. The minimum absolute atomic E-state index is 0.146. The Hall–Kier alpha value is -3.67. The van der Waals surface area contributed by atoms with Crippen molar-refractivity contribution in [1.82, 2.24) is 14.1 Å². The maximum absolute atomic E-state index is 12.4. The van der Waals surface area contributed by atoms with Crippen LogP contribution in [0.15, 0.2) is 40.2 Å². The van der Waals surface area contributed by atoms with Crippen molar-refractivity contribution in [3.05, 3.63) is 57.0 Å². The maximum Gasteiger partial charge on any atom is 0.333 e. The number of carbonyl (C=O) groups excluding carboxylic acids is 1. The summed E-state index contributed by atoms with van der Waals surface area (Å²) in [7, 11) is 2.92. The van der Waals surface area contributed by atoms with Gasteiger partial charge in [0.25, 0.3) is 17.1 Å². The quantitative estimate of drug-likeness (QED) is 0.618. The van der Waals surface area contributed by atoms with Gasteiger partial charge in [-0.1, -0.05) is 12.1 Å². The van der Waals surface area contributed by atoms with E-state index in [9.17, 15) is 14.4 Å². The number of carbonyl (C=O) groups is 1. The molecular formula is C16H15N6O3+. The molecule has 0 saturated carbocycles. The first-order valence-corrected chi connectivity index (χ1v) is 7.39. The van der Waals surface area contributed by atoms with Crippen molar-refractivity contribution in [2.75, 3.05) is 5.32 Å². The molecule has 0 saturated heterocycles. The predicted octanol–water partition coefficient (Wildman–Crippen LogP) is -0.637. The topological polar surface area (TPSA) is 117 Å². The van der Waals surface area contributed by atoms with Crippen LogP contribution in [0.2, 0.25) is 0 Å². The van der Waals surface area contributed by atoms with Gasteiger partial charge in [-0.2, -0.15) is 5.26 Å². The Morgan fingerprint density at radius 2 is 2.00 bits per heavy atom. The lowest BCUT2D eigenvalue weighted by Gasteiger charge is -2.05. The summed E-state index contributed by atoms with van der Waals surface area (Å²) in [5.74, 6) is -0.399. The van der Waals surface area contributed by atoms with Gasteiger partial charge in [-0.05, 0) is 12.1 Å². The van der Waals surface area contributed by atoms with Crippen molar-refractivity contribution < 1.29 is 9.36 Å². The molecule has 0 radical (unpaired) electrons. The summed E-state index contributed by atoms with van der Waals surface area (Å²) in [6, 6.07) is 8.63. The third-order valence-corrected chi connectivity index (χ3v) is 3.92. The number of hydrogen-bond donors (Lipinski definition) is 2. The zero-order chi connectivity index (χ0) is 18.1. The average Bonchev–Trinajstić information content (AvgIpc) is 3.02. The molecule has 2 heterocycles. The third kappa shape index (κ3) is 2.70. The summed E-state index contributed by atoms with van der Waals surface area (Å²) in [6.07, 6.45) is 1.46. The lowest BCUT2D eigenvalue weighted by Crippen LogP contribution is -2.46. The van der Waals surface area contributed by atoms with Gasteiger partial charge in [-0.3, -0.25) is 18.7 Å². The SMILES string of the molecule is Cn1c(=O)c2c([nH]c[n+]2CC(=O)Nc2ccccc2C#N)n(C)c1=O. The summed E-state index contributed by atoms with van der Waals surface area (Å²) < 4.78 is 3.72. The van der Waals surface area contributed by atoms with Crippen molar-refractivity contribution in [3.63, 3.8) is 0 Å². The Balaban J connectivity index is 1.97. The number of benzene rings is 1. The maximum atomic E-state index is 12.4. The van der Waals surface area contributed by atoms with Gasteiger partial charge >= 0.3 is 11.2 Å². The first kappa shape index (κ1) is 16.2. The van der Waals surface area contributed by atoms with Crippen molar-refractivity contribution in [2.45, 2.75) is 6.54 Å². The molecule has 9 nitrogen and oxygen atoms in total. The number of nitrogens with zero attached hydrogens (tertiary/aromatic N) is 4. The molecule has 2 aromatic heterocycles. The number of aromatic nitrogens is 4. The minimum Gasteiger partial charge on any atom is -0.321 e. The van der Waals surface area contributed by atoms with Crippen LogP contribution in [0.25, 0.3) is 11.2 Å². The molecule has 0 aliphatic heterocycles. The third-order valence-electron chi connectivity index (χ3n) is 3.92. The van der Waals surface area contributed by atoms with Crippen LogP contribution >= 0.6 is 0 Å². The Bertz CT molecular complexity index is 1150. The van der Waals surface area contributed by atoms with Gasteiger partial charge in [0.15, 0.2) is 6.54 Å². The standard InChI is InChI=1S/C16H14N6O3/c1-20-14-13(15(24)21(2)16(20)25)22(9-18-14)8-12(23)19-11-6-4-3-5-10(11)7-17/h3-6,9H,8H2,1-2H3,(H,19,23)/p+1. The van der Waals surface area contributed by atoms with Gasteiger partial charge in [-0.15, -0.1) is 0 Å². The van der Waals surface area contributed by atoms with Crippen LogP contribution in [0.3, 0.4) is 0 Å². The normalized spacial score (nSPS) is 10.6. The lowest BCUT2D eigenvalue weighted by atomic mass is 10.2. The molecule has 3 rings (SSSR count). The van der Waals surface area contributed by atoms with E-state index in [1.807, 2.05) is 6.07 Å². The number of para-hydroxylation sites is 1. The van der Waals surface area contributed by atoms with Crippen LogP contribution < -0.4 is 21.1 Å². The van der Waals surface area contributed by atoms with Crippen molar-refractivity contribution in [2.24, 2.45) is 14.1 Å². The molecule has 0 aliphatic rings. The van der Waals surface area contributed by atoms with Crippen LogP contribution in [-0.4, -0.2) is 20.0 Å². The summed E-state index contributed by atoms with van der Waals surface area (Å²) >= 11 is 0. The van der Waals surface area contributed by atoms with E-state index in [1.54, 1.807) is 24.3 Å². The zero-order valence-electron chi connectivity index (χ0n) is 13.6. The number of anilines is 1. The van der Waals surface area contributed by atoms with Gasteiger partial charge in [-0.25, -0.2) is 14.3 Å². The summed E-state index contributed by atoms with van der Waals surface area (Å²) in [5, 5.41) is 11.7. The smallest absolute Gasteiger partial charge is 0.321 e. The van der Waals surface area contributed by atoms with Crippen LogP contribution in [-0.2, 0) is 25.4 Å². The largest absolute Gasteiger partial charge is 0.333 e. The number of aryl methyl sites for hydroxylation is 1. The number of amides is 1. The fourth-order valence-corrected chi connectivity index (χ4v) is 2.61. The van der Waals surface area contributed by atoms with Crippen molar-refractivity contribution in [1.29, 1.82) is 5.26 Å². The summed E-state index contributed by atoms with van der Waals surface area (Å²) in [6.45, 7) is -0.146. The number of rotatable bonds is 3. The fourth-order valence-electron chi connectivity index (χ4n) is 2.61. The predicted molar refractivity (Wildman–Crippen MR) is 88.8 cm³/mol. The second kappa shape index (κ2) is 6.09. The highest BCUT2D eigenvalue weighted by atomic mass is 16.2. The van der Waals surface area contributed by atoms with Gasteiger partial charge in [0.1, 0.15) is 6.07 Å². The number of hydrogen-bond acceptors (Lipinski definition) is 4. The number of fused-ring (bicyclic) bond motifs is 1. The number of aromatic amines is 1. The molecule has 0 atom stereocenters. The molecule has 3 aromatic rings. The number of nitrogens with one attached hydrogen (secondary N) is 2. The monoisotopic (exact) mass is 339 g/mol. The molecule has 1 aromatic carbocycles. The molecule has 9 heteroatoms. The molecule has 0 spiro atoms. The average molecular weight is 339 g/mol. The molecule has 25 heavy (non-hydrogen) atoms. The van der Waals surface area contributed by atoms with Crippen LogP contribution in [0, 0.1) is 11.3 Å². The van der Waals surface area contributed by atoms with E-state index in [-0.39, 0.29) is 12.1 Å². The second-order valence-electron chi connectivity index (χ2n) is 5.51. The molecule has 0 fully saturated rings. The van der Waals surface area contributed by atoms with Crippen LogP contribution in [0.5, 0.6) is 0 Å². The highest BCUT2D eigenvalue weighted by molar-refractivity contribution is 5.91. The van der Waals surface area contributed by atoms with Crippen LogP contribution in [0.1, 0.15) is 5.56 Å². The Morgan fingerprint density at radius 1 is 1.28 bits per heavy atom. The van der Waals surface area contributed by atoms with Crippen molar-refractivity contribution >= 4 is 22.8 Å². The van der Waals surface area contributed by atoms with E-state index in [0.29, 0.717) is 16.9 Å². The van der Waals surface area contributed by atoms with E-state index in [0.717, 1.165) is 4.57 Å². The molecule has 0 bridgehead atoms. The molecule has 2 N–H and O–H groups in total. The van der Waals surface area contributed by atoms with E-state index >= 15 is 0 Å². The van der Waals surface area contributed by atoms with Gasteiger partial charge in [0, 0.05) is 14.1 Å². The lowest BCUT2D eigenvalue weighted by molar-refractivity contribution is -0.658. The van der Waals surface area contributed by atoms with Crippen LogP contribution in [0.4, 0.5) is 5.69 Å². The molecule has 0 unspecified atom stereocenters. The highest BCUT2D eigenvalue weighted by Crippen LogP contribution is 2.13. The Kier molecular flexibility index (Phi) is 3.94. The highest BCUT2D eigenvalue weighted by Gasteiger charge is 2.22. The second-order valence-corrected chi connectivity index (χ2v) is 5.51. The van der Waals surface area contributed by atoms with E-state index < -0.39 is 17.2 Å². The summed E-state index contributed by atoms with van der Waals surface area (Å²) in [5.41, 5.74) is 0.337. The van der Waals surface area contributed by atoms with E-state index in [2.05, 4.69) is 10.3 Å². The van der Waals surface area contributed by atoms with Gasteiger partial charge < -0.3 is 5.32 Å². The first-order valence-electron chi connectivity index (χ1n) is 7.39. The number of nitriles is 1. The molecular weight excluding hydrogens is 324 g/mol. The minimum atomic E-state index is -0.496. The van der Waals surface area contributed by atoms with E-state index in [4.69, 9.17) is 5.26 Å². The first-order chi connectivity index (χ1) is 11.9. The summed E-state index contributed by atoms with van der Waals surface area (Å²) in [4.78, 5) is 39.4. The Morgan fingerprint density at radius 3 is 2.72 bits per heavy atom.